The number of aromatic nitrogens is 2. The van der Waals surface area contributed by atoms with Crippen LogP contribution in [0.15, 0.2) is 64.5 Å². The highest BCUT2D eigenvalue weighted by Crippen LogP contribution is 2.14. The number of hydrogen-bond donors (Lipinski definition) is 2. The fourth-order valence-corrected chi connectivity index (χ4v) is 2.78. The van der Waals surface area contributed by atoms with Gasteiger partial charge in [0.25, 0.3) is 11.2 Å². The lowest BCUT2D eigenvalue weighted by molar-refractivity contribution is -0.384. The lowest BCUT2D eigenvalue weighted by atomic mass is 10.2. The third kappa shape index (κ3) is 4.56. The molecule has 0 saturated carbocycles. The zero-order valence-corrected chi connectivity index (χ0v) is 16.6. The van der Waals surface area contributed by atoms with Crippen molar-refractivity contribution in [1.82, 2.24) is 14.8 Å². The molecule has 3 aromatic rings. The van der Waals surface area contributed by atoms with Gasteiger partial charge in [-0.05, 0) is 36.8 Å². The lowest BCUT2D eigenvalue weighted by Crippen LogP contribution is -2.34. The van der Waals surface area contributed by atoms with Crippen molar-refractivity contribution < 1.29 is 14.5 Å². The van der Waals surface area contributed by atoms with Crippen LogP contribution >= 0.6 is 0 Å². The van der Waals surface area contributed by atoms with E-state index in [2.05, 4.69) is 10.4 Å². The first-order chi connectivity index (χ1) is 14.8. The molecule has 0 aliphatic rings. The van der Waals surface area contributed by atoms with Crippen molar-refractivity contribution in [1.29, 1.82) is 0 Å². The number of carbonyl (C=O) groups is 2. The first kappa shape index (κ1) is 21.2. The molecule has 2 N–H and O–H groups in total. The maximum Gasteiger partial charge on any atom is 0.329 e. The summed E-state index contributed by atoms with van der Waals surface area (Å²) >= 11 is 0. The summed E-state index contributed by atoms with van der Waals surface area (Å²) in [7, 11) is 1.66. The van der Waals surface area contributed by atoms with Crippen molar-refractivity contribution in [3.63, 3.8) is 0 Å². The van der Waals surface area contributed by atoms with Crippen molar-refractivity contribution in [2.45, 2.75) is 6.92 Å². The Morgan fingerprint density at radius 3 is 2.32 bits per heavy atom. The first-order valence-electron chi connectivity index (χ1n) is 9.02. The summed E-state index contributed by atoms with van der Waals surface area (Å²) in [4.78, 5) is 47.1. The van der Waals surface area contributed by atoms with Crippen molar-refractivity contribution >= 4 is 29.4 Å². The number of nitro benzene ring substituents is 1. The van der Waals surface area contributed by atoms with Crippen LogP contribution in [-0.2, 0) is 16.6 Å². The van der Waals surface area contributed by atoms with Crippen LogP contribution in [0.3, 0.4) is 0 Å². The third-order valence-corrected chi connectivity index (χ3v) is 4.48. The Morgan fingerprint density at radius 2 is 1.71 bits per heavy atom. The number of nitrogens with one attached hydrogen (secondary N) is 2. The minimum absolute atomic E-state index is 0.0224. The second kappa shape index (κ2) is 8.86. The number of nitrogens with zero attached hydrogens (tertiary/aromatic N) is 4. The molecule has 3 rings (SSSR count). The summed E-state index contributed by atoms with van der Waals surface area (Å²) in [6.45, 7) is 1.64. The molecule has 11 nitrogen and oxygen atoms in total. The maximum atomic E-state index is 12.8. The van der Waals surface area contributed by atoms with E-state index in [9.17, 15) is 24.5 Å². The van der Waals surface area contributed by atoms with Gasteiger partial charge < -0.3 is 5.32 Å². The summed E-state index contributed by atoms with van der Waals surface area (Å²) in [6, 6.07) is 14.3. The highest BCUT2D eigenvalue weighted by molar-refractivity contribution is 6.39. The Hall–Kier alpha value is -4.54. The summed E-state index contributed by atoms with van der Waals surface area (Å²) in [5.74, 6) is -2.14. The number of amides is 2. The van der Waals surface area contributed by atoms with Crippen LogP contribution in [0.2, 0.25) is 0 Å². The molecule has 0 fully saturated rings. The molecule has 0 atom stereocenters. The molecule has 158 valence electrons. The van der Waals surface area contributed by atoms with Crippen molar-refractivity contribution in [3.05, 3.63) is 86.3 Å². The third-order valence-electron chi connectivity index (χ3n) is 4.48. The molecule has 0 radical (unpaired) electrons. The fraction of sp³-hybridized carbons (Fsp3) is 0.100. The van der Waals surface area contributed by atoms with Gasteiger partial charge in [-0.3, -0.25) is 29.2 Å². The van der Waals surface area contributed by atoms with E-state index in [1.165, 1.54) is 35.2 Å². The van der Waals surface area contributed by atoms with Crippen LogP contribution in [0, 0.1) is 17.0 Å². The normalized spacial score (nSPS) is 10.8. The van der Waals surface area contributed by atoms with Gasteiger partial charge in [0, 0.05) is 19.2 Å². The Morgan fingerprint density at radius 1 is 1.06 bits per heavy atom. The van der Waals surface area contributed by atoms with Crippen LogP contribution in [-0.4, -0.2) is 32.3 Å². The molecule has 0 unspecified atom stereocenters. The Kier molecular flexibility index (Phi) is 6.05. The smallest absolute Gasteiger partial charge is 0.311 e. The summed E-state index contributed by atoms with van der Waals surface area (Å²) < 4.78 is 2.94. The van der Waals surface area contributed by atoms with Gasteiger partial charge in [0.15, 0.2) is 0 Å². The van der Waals surface area contributed by atoms with Crippen LogP contribution in [0.4, 0.5) is 11.4 Å². The van der Waals surface area contributed by atoms with Crippen molar-refractivity contribution in [2.75, 3.05) is 5.32 Å². The predicted octanol–water partition coefficient (Wildman–Crippen LogP) is 1.48. The quantitative estimate of drug-likeness (QED) is 0.277. The van der Waals surface area contributed by atoms with Gasteiger partial charge in [-0.25, -0.2) is 10.1 Å². The van der Waals surface area contributed by atoms with E-state index >= 15 is 0 Å². The number of anilines is 1. The van der Waals surface area contributed by atoms with Crippen LogP contribution in [0.1, 0.15) is 11.3 Å². The molecule has 0 aliphatic heterocycles. The van der Waals surface area contributed by atoms with Gasteiger partial charge in [0.1, 0.15) is 5.69 Å². The molecule has 0 spiro atoms. The zero-order chi connectivity index (χ0) is 22.5. The maximum absolute atomic E-state index is 12.8. The predicted molar refractivity (Wildman–Crippen MR) is 113 cm³/mol. The minimum atomic E-state index is -1.08. The summed E-state index contributed by atoms with van der Waals surface area (Å²) in [5, 5.41) is 16.6. The Labute approximate surface area is 175 Å². The number of carbonyl (C=O) groups excluding carboxylic acids is 2. The first-order valence-corrected chi connectivity index (χ1v) is 9.02. The van der Waals surface area contributed by atoms with Gasteiger partial charge >= 0.3 is 11.8 Å². The highest BCUT2D eigenvalue weighted by Gasteiger charge is 2.21. The Bertz CT molecular complexity index is 1230. The van der Waals surface area contributed by atoms with E-state index in [0.717, 1.165) is 0 Å². The number of nitro groups is 1. The number of hydrogen-bond acceptors (Lipinski definition) is 6. The average Bonchev–Trinajstić information content (AvgIpc) is 2.97. The largest absolute Gasteiger partial charge is 0.329 e. The van der Waals surface area contributed by atoms with E-state index in [1.807, 2.05) is 11.5 Å². The monoisotopic (exact) mass is 422 g/mol. The highest BCUT2D eigenvalue weighted by atomic mass is 16.6. The second-order valence-corrected chi connectivity index (χ2v) is 6.44. The van der Waals surface area contributed by atoms with E-state index in [0.29, 0.717) is 16.9 Å². The van der Waals surface area contributed by atoms with E-state index in [1.54, 1.807) is 42.9 Å². The number of benzene rings is 2. The van der Waals surface area contributed by atoms with Gasteiger partial charge in [-0.1, -0.05) is 18.2 Å². The molecule has 2 aromatic carbocycles. The molecular formula is C20H18N6O5. The molecule has 0 saturated heterocycles. The van der Waals surface area contributed by atoms with Gasteiger partial charge in [0.2, 0.25) is 0 Å². The van der Waals surface area contributed by atoms with E-state index in [-0.39, 0.29) is 11.4 Å². The Balaban J connectivity index is 1.69. The summed E-state index contributed by atoms with van der Waals surface area (Å²) in [6.07, 6.45) is 1.23. The number of rotatable bonds is 5. The molecule has 0 bridgehead atoms. The second-order valence-electron chi connectivity index (χ2n) is 6.44. The van der Waals surface area contributed by atoms with Crippen molar-refractivity contribution in [3.8, 4) is 5.69 Å². The standard InChI is InChI=1S/C20H18N6O5/c1-13-17(20(29)25(24(13)2)15-6-4-3-5-7-15)22-18(27)19(28)23-21-12-14-8-10-16(11-9-14)26(30)31/h3-12H,1-2H3,(H,22,27)(H,23,28)/b21-12+. The van der Waals surface area contributed by atoms with E-state index < -0.39 is 22.3 Å². The van der Waals surface area contributed by atoms with Gasteiger partial charge in [-0.2, -0.15) is 5.10 Å². The molecule has 0 aliphatic carbocycles. The topological polar surface area (TPSA) is 141 Å². The number of non-ortho nitro benzene ring substituents is 1. The van der Waals surface area contributed by atoms with Crippen LogP contribution in [0.5, 0.6) is 0 Å². The molecular weight excluding hydrogens is 404 g/mol. The molecule has 1 aromatic heterocycles. The zero-order valence-electron chi connectivity index (χ0n) is 16.6. The molecule has 31 heavy (non-hydrogen) atoms. The number of para-hydroxylation sites is 1. The molecule has 11 heteroatoms. The van der Waals surface area contributed by atoms with Crippen molar-refractivity contribution in [2.24, 2.45) is 12.1 Å². The van der Waals surface area contributed by atoms with Crippen LogP contribution < -0.4 is 16.3 Å². The average molecular weight is 422 g/mol. The van der Waals surface area contributed by atoms with Gasteiger partial charge in [0.05, 0.1) is 22.5 Å². The molecule has 1 heterocycles. The van der Waals surface area contributed by atoms with Gasteiger partial charge in [-0.15, -0.1) is 0 Å². The minimum Gasteiger partial charge on any atom is -0.311 e. The SMILES string of the molecule is Cc1c(NC(=O)C(=O)N/N=C/c2ccc([N+](=O)[O-])cc2)c(=O)n(-c2ccccc2)n1C. The molecule has 2 amide bonds. The summed E-state index contributed by atoms with van der Waals surface area (Å²) in [5.41, 5.74) is 3.01. The van der Waals surface area contributed by atoms with Crippen LogP contribution in [0.25, 0.3) is 5.69 Å². The number of hydrazone groups is 1. The van der Waals surface area contributed by atoms with E-state index in [4.69, 9.17) is 0 Å². The lowest BCUT2D eigenvalue weighted by Gasteiger charge is -2.07. The fourth-order valence-electron chi connectivity index (χ4n) is 2.78.